The van der Waals surface area contributed by atoms with E-state index in [9.17, 15) is 0 Å². The van der Waals surface area contributed by atoms with Crippen LogP contribution in [0.3, 0.4) is 0 Å². The van der Waals surface area contributed by atoms with Crippen molar-refractivity contribution in [3.8, 4) is 5.97 Å². The molecule has 0 amide bonds. The first-order chi connectivity index (χ1) is 4.43. The molecule has 0 saturated heterocycles. The minimum Gasteiger partial charge on any atom is -0.213 e. The van der Waals surface area contributed by atoms with E-state index in [1.165, 1.54) is 0 Å². The van der Waals surface area contributed by atoms with Gasteiger partial charge in [-0.3, -0.25) is 0 Å². The van der Waals surface area contributed by atoms with Gasteiger partial charge in [-0.2, -0.15) is 0 Å². The number of rotatable bonds is 1. The van der Waals surface area contributed by atoms with Gasteiger partial charge in [0.2, 0.25) is 0 Å². The molecule has 0 aromatic heterocycles. The topological polar surface area (TPSA) is 23.8 Å². The molecule has 0 atom stereocenters. The van der Waals surface area contributed by atoms with Crippen molar-refractivity contribution in [1.29, 1.82) is 5.26 Å². The SMILES string of the molecule is N#CBc1ccccc1. The van der Waals surface area contributed by atoms with Gasteiger partial charge in [-0.15, -0.1) is 0 Å². The molecule has 0 unspecified atom stereocenters. The van der Waals surface area contributed by atoms with Crippen molar-refractivity contribution in [1.82, 2.24) is 0 Å². The Hall–Kier alpha value is -1.23. The summed E-state index contributed by atoms with van der Waals surface area (Å²) in [6, 6.07) is 9.71. The fourth-order valence-corrected chi connectivity index (χ4v) is 0.687. The normalized spacial score (nSPS) is 7.89. The number of benzene rings is 1. The molecule has 1 nitrogen and oxygen atoms in total. The van der Waals surface area contributed by atoms with E-state index < -0.39 is 0 Å². The van der Waals surface area contributed by atoms with Gasteiger partial charge in [0, 0.05) is 5.97 Å². The smallest absolute Gasteiger partial charge is 0.213 e. The molecule has 1 aromatic carbocycles. The molecule has 1 aromatic rings. The van der Waals surface area contributed by atoms with Crippen LogP contribution in [0.4, 0.5) is 0 Å². The van der Waals surface area contributed by atoms with Gasteiger partial charge in [-0.05, 0) is 0 Å². The number of hydrogen-bond acceptors (Lipinski definition) is 1. The van der Waals surface area contributed by atoms with Crippen LogP contribution in [0.2, 0.25) is 0 Å². The maximum atomic E-state index is 8.27. The molecular formula is C7H6BN. The van der Waals surface area contributed by atoms with Gasteiger partial charge < -0.3 is 0 Å². The predicted molar refractivity (Wildman–Crippen MR) is 38.8 cm³/mol. The second kappa shape index (κ2) is 2.93. The van der Waals surface area contributed by atoms with Crippen LogP contribution in [-0.2, 0) is 0 Å². The maximum absolute atomic E-state index is 8.27. The van der Waals surface area contributed by atoms with E-state index >= 15 is 0 Å². The van der Waals surface area contributed by atoms with E-state index in [2.05, 4.69) is 5.97 Å². The Morgan fingerprint density at radius 1 is 1.22 bits per heavy atom. The molecule has 0 N–H and O–H groups in total. The van der Waals surface area contributed by atoms with E-state index in [0.717, 1.165) is 5.46 Å². The third-order valence-corrected chi connectivity index (χ3v) is 1.13. The Balaban J connectivity index is 2.76. The Kier molecular flexibility index (Phi) is 1.92. The number of hydrogen-bond donors (Lipinski definition) is 0. The summed E-state index contributed by atoms with van der Waals surface area (Å²) in [5, 5.41) is 8.27. The number of nitriles is 1. The lowest BCUT2D eigenvalue weighted by molar-refractivity contribution is 1.56. The Morgan fingerprint density at radius 2 is 1.89 bits per heavy atom. The van der Waals surface area contributed by atoms with Crippen LogP contribution in [0.15, 0.2) is 30.3 Å². The van der Waals surface area contributed by atoms with Gasteiger partial charge in [0.1, 0.15) is 0 Å². The highest BCUT2D eigenvalue weighted by atomic mass is 14.2. The largest absolute Gasteiger partial charge is 0.282 e. The quantitative estimate of drug-likeness (QED) is 0.480. The van der Waals surface area contributed by atoms with Crippen LogP contribution in [0.1, 0.15) is 0 Å². The molecule has 0 aliphatic rings. The third-order valence-electron chi connectivity index (χ3n) is 1.13. The summed E-state index contributed by atoms with van der Waals surface area (Å²) >= 11 is 0. The molecule has 2 heteroatoms. The molecule has 42 valence electrons. The summed E-state index contributed by atoms with van der Waals surface area (Å²) < 4.78 is 0. The average Bonchev–Trinajstić information content (AvgIpc) is 1.91. The zero-order valence-electron chi connectivity index (χ0n) is 5.04. The fourth-order valence-electron chi connectivity index (χ4n) is 0.687. The summed E-state index contributed by atoms with van der Waals surface area (Å²) in [5.74, 6) is 2.08. The van der Waals surface area contributed by atoms with Crippen molar-refractivity contribution < 1.29 is 0 Å². The fraction of sp³-hybridized carbons (Fsp3) is 0. The van der Waals surface area contributed by atoms with E-state index in [4.69, 9.17) is 5.26 Å². The van der Waals surface area contributed by atoms with Gasteiger partial charge in [-0.1, -0.05) is 35.8 Å². The summed E-state index contributed by atoms with van der Waals surface area (Å²) in [5.41, 5.74) is 1.08. The molecule has 0 aliphatic heterocycles. The van der Waals surface area contributed by atoms with Crippen molar-refractivity contribution >= 4 is 12.7 Å². The minimum absolute atomic E-state index is 0.515. The lowest BCUT2D eigenvalue weighted by atomic mass is 9.73. The first-order valence-electron chi connectivity index (χ1n) is 2.84. The Bertz CT molecular complexity index is 212. The van der Waals surface area contributed by atoms with Crippen LogP contribution in [-0.4, -0.2) is 7.28 Å². The molecule has 0 saturated carbocycles. The van der Waals surface area contributed by atoms with Gasteiger partial charge in [0.25, 0.3) is 7.28 Å². The van der Waals surface area contributed by atoms with Crippen LogP contribution >= 0.6 is 0 Å². The maximum Gasteiger partial charge on any atom is 0.282 e. The highest BCUT2D eigenvalue weighted by Crippen LogP contribution is 1.79. The monoisotopic (exact) mass is 115 g/mol. The van der Waals surface area contributed by atoms with Crippen LogP contribution < -0.4 is 5.46 Å². The second-order valence-electron chi connectivity index (χ2n) is 1.82. The molecule has 0 radical (unpaired) electrons. The van der Waals surface area contributed by atoms with Crippen molar-refractivity contribution in [3.63, 3.8) is 0 Å². The van der Waals surface area contributed by atoms with Crippen molar-refractivity contribution in [2.45, 2.75) is 0 Å². The molecule has 0 bridgehead atoms. The predicted octanol–water partition coefficient (Wildman–Crippen LogP) is 0.229. The molecule has 0 aliphatic carbocycles. The molecule has 0 spiro atoms. The molecular weight excluding hydrogens is 109 g/mol. The van der Waals surface area contributed by atoms with E-state index in [0.29, 0.717) is 7.28 Å². The standard InChI is InChI=1S/C7H6BN/c9-6-8-7-4-2-1-3-5-7/h1-5,8H. The number of nitrogens with zero attached hydrogens (tertiary/aromatic N) is 1. The van der Waals surface area contributed by atoms with Gasteiger partial charge in [0.15, 0.2) is 0 Å². The van der Waals surface area contributed by atoms with Crippen molar-refractivity contribution in [3.05, 3.63) is 30.3 Å². The third kappa shape index (κ3) is 1.62. The summed E-state index contributed by atoms with van der Waals surface area (Å²) in [6.45, 7) is 0. The molecule has 0 heterocycles. The van der Waals surface area contributed by atoms with Crippen LogP contribution in [0.25, 0.3) is 0 Å². The van der Waals surface area contributed by atoms with Gasteiger partial charge in [-0.25, -0.2) is 5.26 Å². The first kappa shape index (κ1) is 5.90. The highest BCUT2D eigenvalue weighted by molar-refractivity contribution is 6.60. The molecule has 9 heavy (non-hydrogen) atoms. The summed E-state index contributed by atoms with van der Waals surface area (Å²) in [6.07, 6.45) is 0. The summed E-state index contributed by atoms with van der Waals surface area (Å²) in [4.78, 5) is 0. The minimum atomic E-state index is 0.515. The second-order valence-corrected chi connectivity index (χ2v) is 1.82. The summed E-state index contributed by atoms with van der Waals surface area (Å²) in [7, 11) is 0.515. The molecule has 1 rings (SSSR count). The van der Waals surface area contributed by atoms with Crippen LogP contribution in [0, 0.1) is 11.2 Å². The van der Waals surface area contributed by atoms with E-state index in [1.54, 1.807) is 0 Å². The Labute approximate surface area is 55.2 Å². The lowest BCUT2D eigenvalue weighted by Crippen LogP contribution is -2.10. The Morgan fingerprint density at radius 3 is 2.44 bits per heavy atom. The zero-order chi connectivity index (χ0) is 6.53. The van der Waals surface area contributed by atoms with Crippen molar-refractivity contribution in [2.24, 2.45) is 0 Å². The van der Waals surface area contributed by atoms with Gasteiger partial charge >= 0.3 is 0 Å². The lowest BCUT2D eigenvalue weighted by Gasteiger charge is -1.86. The molecule has 0 fully saturated rings. The van der Waals surface area contributed by atoms with E-state index in [-0.39, 0.29) is 0 Å². The average molecular weight is 115 g/mol. The highest BCUT2D eigenvalue weighted by Gasteiger charge is 1.88. The first-order valence-corrected chi connectivity index (χ1v) is 2.84. The van der Waals surface area contributed by atoms with Crippen molar-refractivity contribution in [2.75, 3.05) is 0 Å². The zero-order valence-corrected chi connectivity index (χ0v) is 5.04. The van der Waals surface area contributed by atoms with Gasteiger partial charge in [0.05, 0.1) is 0 Å². The van der Waals surface area contributed by atoms with Crippen LogP contribution in [0.5, 0.6) is 0 Å². The van der Waals surface area contributed by atoms with E-state index in [1.807, 2.05) is 30.3 Å².